The number of rotatable bonds is 8. The van der Waals surface area contributed by atoms with Crippen molar-refractivity contribution in [1.82, 2.24) is 15.5 Å². The first-order chi connectivity index (χ1) is 13.5. The van der Waals surface area contributed by atoms with Crippen molar-refractivity contribution in [2.45, 2.75) is 39.5 Å². The highest BCUT2D eigenvalue weighted by Gasteiger charge is 2.11. The summed E-state index contributed by atoms with van der Waals surface area (Å²) in [6.45, 7) is 4.84. The van der Waals surface area contributed by atoms with Gasteiger partial charge < -0.3 is 9.84 Å². The highest BCUT2D eigenvalue weighted by atomic mass is 19.1. The summed E-state index contributed by atoms with van der Waals surface area (Å²) in [5, 5.41) is 6.81. The van der Waals surface area contributed by atoms with Crippen LogP contribution in [0.1, 0.15) is 35.4 Å². The number of amides is 1. The molecule has 0 aliphatic carbocycles. The molecule has 1 N–H and O–H groups in total. The summed E-state index contributed by atoms with van der Waals surface area (Å²) < 4.78 is 18.1. The Morgan fingerprint density at radius 1 is 1.11 bits per heavy atom. The third-order valence-electron chi connectivity index (χ3n) is 4.58. The highest BCUT2D eigenvalue weighted by Crippen LogP contribution is 2.16. The second-order valence-electron chi connectivity index (χ2n) is 6.90. The van der Waals surface area contributed by atoms with Gasteiger partial charge in [0, 0.05) is 24.9 Å². The van der Waals surface area contributed by atoms with Crippen LogP contribution in [-0.2, 0) is 17.6 Å². The van der Waals surface area contributed by atoms with E-state index >= 15 is 0 Å². The molecule has 28 heavy (non-hydrogen) atoms. The number of carbonyl (C=O) groups excluding carboxylic acids is 1. The summed E-state index contributed by atoms with van der Waals surface area (Å²) >= 11 is 0. The third kappa shape index (κ3) is 5.49. The minimum Gasteiger partial charge on any atom is -0.356 e. The molecule has 0 unspecified atom stereocenters. The minimum absolute atomic E-state index is 0.0397. The summed E-state index contributed by atoms with van der Waals surface area (Å²) in [6, 6.07) is 12.3. The second kappa shape index (κ2) is 9.26. The summed E-state index contributed by atoms with van der Waals surface area (Å²) in [7, 11) is 0. The van der Waals surface area contributed by atoms with Crippen LogP contribution in [0.3, 0.4) is 0 Å². The molecule has 2 aromatic carbocycles. The zero-order valence-corrected chi connectivity index (χ0v) is 16.2. The predicted octanol–water partition coefficient (Wildman–Crippen LogP) is 4.17. The molecule has 6 heteroatoms. The Morgan fingerprint density at radius 2 is 1.89 bits per heavy atom. The topological polar surface area (TPSA) is 68.0 Å². The molecule has 0 atom stereocenters. The molecule has 0 aliphatic heterocycles. The number of halogens is 1. The van der Waals surface area contributed by atoms with E-state index in [1.165, 1.54) is 28.8 Å². The Morgan fingerprint density at radius 3 is 2.64 bits per heavy atom. The predicted molar refractivity (Wildman–Crippen MR) is 105 cm³/mol. The maximum atomic E-state index is 13.0. The average Bonchev–Trinajstić information content (AvgIpc) is 3.14. The SMILES string of the molecule is Cc1ccc(CCCNC(=O)CCc2nc(-c3ccc(F)cc3)no2)c(C)c1. The molecule has 0 spiro atoms. The lowest BCUT2D eigenvalue weighted by atomic mass is 10.0. The number of carbonyl (C=O) groups is 1. The van der Waals surface area contributed by atoms with Gasteiger partial charge in [-0.1, -0.05) is 28.9 Å². The van der Waals surface area contributed by atoms with Crippen LogP contribution in [0, 0.1) is 19.7 Å². The van der Waals surface area contributed by atoms with Gasteiger partial charge in [-0.2, -0.15) is 4.98 Å². The van der Waals surface area contributed by atoms with Gasteiger partial charge in [-0.25, -0.2) is 4.39 Å². The molecule has 5 nitrogen and oxygen atoms in total. The Balaban J connectivity index is 1.39. The van der Waals surface area contributed by atoms with Crippen molar-refractivity contribution in [1.29, 1.82) is 0 Å². The van der Waals surface area contributed by atoms with Gasteiger partial charge >= 0.3 is 0 Å². The number of benzene rings is 2. The molecule has 1 heterocycles. The minimum atomic E-state index is -0.318. The van der Waals surface area contributed by atoms with Crippen molar-refractivity contribution >= 4 is 5.91 Å². The fourth-order valence-corrected chi connectivity index (χ4v) is 3.01. The number of aromatic nitrogens is 2. The lowest BCUT2D eigenvalue weighted by Crippen LogP contribution is -2.25. The van der Waals surface area contributed by atoms with Gasteiger partial charge in [-0.15, -0.1) is 0 Å². The number of aryl methyl sites for hydroxylation is 4. The summed E-state index contributed by atoms with van der Waals surface area (Å²) in [4.78, 5) is 16.3. The van der Waals surface area contributed by atoms with Crippen LogP contribution in [0.15, 0.2) is 47.0 Å². The fourth-order valence-electron chi connectivity index (χ4n) is 3.01. The van der Waals surface area contributed by atoms with Crippen LogP contribution in [0.25, 0.3) is 11.4 Å². The van der Waals surface area contributed by atoms with Gasteiger partial charge in [0.2, 0.25) is 17.6 Å². The summed E-state index contributed by atoms with van der Waals surface area (Å²) in [5.41, 5.74) is 4.55. The van der Waals surface area contributed by atoms with Crippen molar-refractivity contribution in [3.8, 4) is 11.4 Å². The van der Waals surface area contributed by atoms with E-state index in [1.54, 1.807) is 12.1 Å². The van der Waals surface area contributed by atoms with Crippen LogP contribution in [-0.4, -0.2) is 22.6 Å². The maximum absolute atomic E-state index is 13.0. The number of nitrogens with zero attached hydrogens (tertiary/aromatic N) is 2. The van der Waals surface area contributed by atoms with E-state index in [1.807, 2.05) is 0 Å². The van der Waals surface area contributed by atoms with E-state index < -0.39 is 0 Å². The van der Waals surface area contributed by atoms with Crippen LogP contribution in [0.5, 0.6) is 0 Å². The standard InChI is InChI=1S/C22H24FN3O2/c1-15-5-6-17(16(2)14-15)4-3-13-24-20(27)11-12-21-25-22(26-28-21)18-7-9-19(23)10-8-18/h5-10,14H,3-4,11-13H2,1-2H3,(H,24,27). The highest BCUT2D eigenvalue weighted by molar-refractivity contribution is 5.76. The first kappa shape index (κ1) is 19.7. The van der Waals surface area contributed by atoms with Crippen LogP contribution in [0.4, 0.5) is 4.39 Å². The molecular formula is C22H24FN3O2. The third-order valence-corrected chi connectivity index (χ3v) is 4.58. The molecule has 3 aromatic rings. The number of hydrogen-bond donors (Lipinski definition) is 1. The van der Waals surface area contributed by atoms with E-state index in [0.717, 1.165) is 12.8 Å². The molecule has 146 valence electrons. The summed E-state index contributed by atoms with van der Waals surface area (Å²) in [6.07, 6.45) is 2.49. The zero-order valence-electron chi connectivity index (χ0n) is 16.2. The first-order valence-corrected chi connectivity index (χ1v) is 9.42. The van der Waals surface area contributed by atoms with Crippen molar-refractivity contribution in [2.24, 2.45) is 0 Å². The van der Waals surface area contributed by atoms with Crippen LogP contribution in [0.2, 0.25) is 0 Å². The van der Waals surface area contributed by atoms with Gasteiger partial charge in [-0.05, 0) is 62.1 Å². The molecule has 0 fully saturated rings. The van der Waals surface area contributed by atoms with Gasteiger partial charge in [0.1, 0.15) is 5.82 Å². The monoisotopic (exact) mass is 381 g/mol. The van der Waals surface area contributed by atoms with Crippen molar-refractivity contribution < 1.29 is 13.7 Å². The Labute approximate surface area is 164 Å². The fraction of sp³-hybridized carbons (Fsp3) is 0.318. The normalized spacial score (nSPS) is 10.8. The number of hydrogen-bond acceptors (Lipinski definition) is 4. The van der Waals surface area contributed by atoms with Crippen molar-refractivity contribution in [3.05, 3.63) is 70.9 Å². The second-order valence-corrected chi connectivity index (χ2v) is 6.90. The van der Waals surface area contributed by atoms with E-state index in [-0.39, 0.29) is 18.1 Å². The lowest BCUT2D eigenvalue weighted by molar-refractivity contribution is -0.121. The van der Waals surface area contributed by atoms with Crippen LogP contribution < -0.4 is 5.32 Å². The molecule has 3 rings (SSSR count). The lowest BCUT2D eigenvalue weighted by Gasteiger charge is -2.08. The Bertz CT molecular complexity index is 935. The van der Waals surface area contributed by atoms with E-state index in [9.17, 15) is 9.18 Å². The quantitative estimate of drug-likeness (QED) is 0.595. The molecule has 1 amide bonds. The zero-order chi connectivity index (χ0) is 19.9. The van der Waals surface area contributed by atoms with Gasteiger partial charge in [0.05, 0.1) is 0 Å². The average molecular weight is 381 g/mol. The molecule has 0 saturated carbocycles. The van der Waals surface area contributed by atoms with Gasteiger partial charge in [0.15, 0.2) is 0 Å². The van der Waals surface area contributed by atoms with Crippen molar-refractivity contribution in [3.63, 3.8) is 0 Å². The van der Waals surface area contributed by atoms with E-state index in [0.29, 0.717) is 30.2 Å². The molecule has 1 aromatic heterocycles. The maximum Gasteiger partial charge on any atom is 0.227 e. The van der Waals surface area contributed by atoms with Crippen LogP contribution >= 0.6 is 0 Å². The molecule has 0 saturated heterocycles. The van der Waals surface area contributed by atoms with E-state index in [4.69, 9.17) is 4.52 Å². The van der Waals surface area contributed by atoms with Gasteiger partial charge in [-0.3, -0.25) is 4.79 Å². The Hall–Kier alpha value is -3.02. The number of nitrogens with one attached hydrogen (secondary N) is 1. The van der Waals surface area contributed by atoms with E-state index in [2.05, 4.69) is 47.5 Å². The molecular weight excluding hydrogens is 357 g/mol. The summed E-state index contributed by atoms with van der Waals surface area (Å²) in [5.74, 6) is 0.428. The molecule has 0 aliphatic rings. The molecule has 0 radical (unpaired) electrons. The van der Waals surface area contributed by atoms with Gasteiger partial charge in [0.25, 0.3) is 0 Å². The first-order valence-electron chi connectivity index (χ1n) is 9.42. The largest absolute Gasteiger partial charge is 0.356 e. The van der Waals surface area contributed by atoms with Crippen molar-refractivity contribution in [2.75, 3.05) is 6.54 Å². The molecule has 0 bridgehead atoms. The smallest absolute Gasteiger partial charge is 0.227 e. The Kier molecular flexibility index (Phi) is 6.53.